The number of hydrogen-bond donors (Lipinski definition) is 1. The predicted octanol–water partition coefficient (Wildman–Crippen LogP) is 5.57. The van der Waals surface area contributed by atoms with Crippen LogP contribution in [0, 0.1) is 5.92 Å². The Morgan fingerprint density at radius 2 is 2.12 bits per heavy atom. The van der Waals surface area contributed by atoms with Crippen LogP contribution in [0.3, 0.4) is 0 Å². The number of halogens is 2. The topological polar surface area (TPSA) is 107 Å². The second-order valence-electron chi connectivity index (χ2n) is 7.60. The molecule has 1 aromatic heterocycles. The highest BCUT2D eigenvalue weighted by atomic mass is 35.5. The van der Waals surface area contributed by atoms with Gasteiger partial charge in [0.25, 0.3) is 5.89 Å². The zero-order valence-electron chi connectivity index (χ0n) is 17.8. The minimum atomic E-state index is -0.796. The Kier molecular flexibility index (Phi) is 7.58. The quantitative estimate of drug-likeness (QED) is 0.369. The third-order valence-corrected chi connectivity index (χ3v) is 5.08. The molecule has 0 aliphatic heterocycles. The molecule has 1 aliphatic rings. The molecule has 2 aromatic rings. The van der Waals surface area contributed by atoms with E-state index in [0.717, 1.165) is 0 Å². The van der Waals surface area contributed by atoms with E-state index in [1.165, 1.54) is 6.21 Å². The number of benzene rings is 1. The number of rotatable bonds is 9. The number of hydrogen-bond acceptors (Lipinski definition) is 7. The van der Waals surface area contributed by atoms with E-state index >= 15 is 0 Å². The van der Waals surface area contributed by atoms with E-state index in [9.17, 15) is 4.79 Å². The number of aliphatic carboxylic acids is 1. The molecule has 1 fully saturated rings. The molecular formula is C22H23Cl2N3O5. The van der Waals surface area contributed by atoms with E-state index in [0.29, 0.717) is 39.8 Å². The molecule has 1 aliphatic carbocycles. The van der Waals surface area contributed by atoms with Crippen molar-refractivity contribution < 1.29 is 23.9 Å². The van der Waals surface area contributed by atoms with Crippen molar-refractivity contribution >= 4 is 41.0 Å². The monoisotopic (exact) mass is 479 g/mol. The third-order valence-electron chi connectivity index (χ3n) is 4.61. The SMILES string of the molecule is C=C(C=NC(OC(C)C)=C(C)Cl)c1nc(-c2ccc(OC3CC(C(=O)O)C3)cc2Cl)no1. The fraction of sp³-hybridized carbons (Fsp3) is 0.364. The predicted molar refractivity (Wildman–Crippen MR) is 122 cm³/mol. The number of allylic oxidation sites excluding steroid dienone is 2. The average molecular weight is 480 g/mol. The number of carboxylic acids is 1. The lowest BCUT2D eigenvalue weighted by molar-refractivity contribution is -0.147. The molecule has 1 heterocycles. The van der Waals surface area contributed by atoms with Crippen LogP contribution in [0.4, 0.5) is 0 Å². The molecule has 0 radical (unpaired) electrons. The van der Waals surface area contributed by atoms with Crippen LogP contribution in [-0.2, 0) is 9.53 Å². The summed E-state index contributed by atoms with van der Waals surface area (Å²) in [6, 6.07) is 5.08. The number of ether oxygens (including phenoxy) is 2. The number of aliphatic imine (C=N–C) groups is 1. The maximum atomic E-state index is 10.9. The van der Waals surface area contributed by atoms with Crippen LogP contribution in [0.5, 0.6) is 5.75 Å². The Morgan fingerprint density at radius 3 is 2.72 bits per heavy atom. The summed E-state index contributed by atoms with van der Waals surface area (Å²) < 4.78 is 16.6. The van der Waals surface area contributed by atoms with Gasteiger partial charge in [0.2, 0.25) is 11.7 Å². The summed E-state index contributed by atoms with van der Waals surface area (Å²) in [6.45, 7) is 9.30. The summed E-state index contributed by atoms with van der Waals surface area (Å²) >= 11 is 12.4. The second-order valence-corrected chi connectivity index (χ2v) is 8.57. The summed E-state index contributed by atoms with van der Waals surface area (Å²) in [6.07, 6.45) is 2.18. The Bertz CT molecular complexity index is 1070. The van der Waals surface area contributed by atoms with Gasteiger partial charge in [-0.1, -0.05) is 34.9 Å². The van der Waals surface area contributed by atoms with Gasteiger partial charge in [-0.2, -0.15) is 4.98 Å². The number of aromatic nitrogens is 2. The van der Waals surface area contributed by atoms with Crippen molar-refractivity contribution in [3.05, 3.63) is 46.6 Å². The molecule has 1 saturated carbocycles. The van der Waals surface area contributed by atoms with Crippen LogP contribution >= 0.6 is 23.2 Å². The highest BCUT2D eigenvalue weighted by Gasteiger charge is 2.36. The molecule has 0 bridgehead atoms. The normalized spacial score (nSPS) is 18.9. The summed E-state index contributed by atoms with van der Waals surface area (Å²) in [5.74, 6) is 0.140. The summed E-state index contributed by atoms with van der Waals surface area (Å²) in [5, 5.41) is 13.7. The Hall–Kier alpha value is -2.84. The van der Waals surface area contributed by atoms with Gasteiger partial charge in [0.15, 0.2) is 0 Å². The van der Waals surface area contributed by atoms with Gasteiger partial charge in [0.1, 0.15) is 11.9 Å². The summed E-state index contributed by atoms with van der Waals surface area (Å²) in [5.41, 5.74) is 0.927. The van der Waals surface area contributed by atoms with E-state index in [1.807, 2.05) is 13.8 Å². The molecule has 1 N–H and O–H groups in total. The molecule has 0 atom stereocenters. The van der Waals surface area contributed by atoms with Crippen molar-refractivity contribution in [3.8, 4) is 17.1 Å². The average Bonchev–Trinajstić information content (AvgIpc) is 3.16. The zero-order chi connectivity index (χ0) is 23.4. The van der Waals surface area contributed by atoms with Crippen molar-refractivity contribution in [1.29, 1.82) is 0 Å². The van der Waals surface area contributed by atoms with Crippen LogP contribution in [0.2, 0.25) is 5.02 Å². The highest BCUT2D eigenvalue weighted by Crippen LogP contribution is 2.35. The Balaban J connectivity index is 1.67. The van der Waals surface area contributed by atoms with Gasteiger partial charge in [0, 0.05) is 11.8 Å². The fourth-order valence-corrected chi connectivity index (χ4v) is 3.23. The van der Waals surface area contributed by atoms with Gasteiger partial charge in [-0.15, -0.1) is 0 Å². The molecule has 32 heavy (non-hydrogen) atoms. The largest absolute Gasteiger partial charge is 0.490 e. The standard InChI is InChI=1S/C22H23Cl2N3O5/c1-11(2)30-21(13(4)23)25-10-12(3)20-26-19(27-32-20)17-6-5-15(9-18(17)24)31-16-7-14(8-16)22(28)29/h5-6,9-11,14,16H,3,7-8H2,1-2,4H3,(H,28,29). The number of carbonyl (C=O) groups is 1. The summed E-state index contributed by atoms with van der Waals surface area (Å²) in [7, 11) is 0. The molecule has 0 unspecified atom stereocenters. The molecule has 10 heteroatoms. The number of nitrogens with zero attached hydrogens (tertiary/aromatic N) is 3. The fourth-order valence-electron chi connectivity index (χ4n) is 2.89. The third kappa shape index (κ3) is 5.89. The van der Waals surface area contributed by atoms with Crippen LogP contribution in [-0.4, -0.2) is 39.6 Å². The van der Waals surface area contributed by atoms with Crippen LogP contribution < -0.4 is 4.74 Å². The van der Waals surface area contributed by atoms with Gasteiger partial charge in [-0.25, -0.2) is 4.99 Å². The minimum absolute atomic E-state index is 0.0869. The van der Waals surface area contributed by atoms with Crippen molar-refractivity contribution in [2.24, 2.45) is 10.9 Å². The Morgan fingerprint density at radius 1 is 1.41 bits per heavy atom. The van der Waals surface area contributed by atoms with E-state index in [4.69, 9.17) is 42.3 Å². The van der Waals surface area contributed by atoms with Gasteiger partial charge >= 0.3 is 5.97 Å². The lowest BCUT2D eigenvalue weighted by Gasteiger charge is -2.32. The lowest BCUT2D eigenvalue weighted by Crippen LogP contribution is -2.38. The molecule has 0 saturated heterocycles. The molecule has 0 spiro atoms. The molecule has 3 rings (SSSR count). The van der Waals surface area contributed by atoms with Gasteiger partial charge in [0.05, 0.1) is 27.6 Å². The van der Waals surface area contributed by atoms with Crippen molar-refractivity contribution in [1.82, 2.24) is 10.1 Å². The van der Waals surface area contributed by atoms with Crippen molar-refractivity contribution in [2.75, 3.05) is 0 Å². The highest BCUT2D eigenvalue weighted by molar-refractivity contribution is 6.33. The van der Waals surface area contributed by atoms with Crippen LogP contribution in [0.15, 0.2) is 45.2 Å². The first-order valence-corrected chi connectivity index (χ1v) is 10.7. The van der Waals surface area contributed by atoms with Crippen molar-refractivity contribution in [3.63, 3.8) is 0 Å². The van der Waals surface area contributed by atoms with Crippen LogP contribution in [0.1, 0.15) is 39.5 Å². The Labute approximate surface area is 195 Å². The maximum absolute atomic E-state index is 10.9. The zero-order valence-corrected chi connectivity index (χ0v) is 19.4. The molecule has 8 nitrogen and oxygen atoms in total. The van der Waals surface area contributed by atoms with E-state index in [1.54, 1.807) is 25.1 Å². The van der Waals surface area contributed by atoms with Gasteiger partial charge in [-0.05, 0) is 51.8 Å². The van der Waals surface area contributed by atoms with E-state index < -0.39 is 5.97 Å². The molecule has 1 aromatic carbocycles. The molecule has 0 amide bonds. The molecule has 170 valence electrons. The minimum Gasteiger partial charge on any atom is -0.490 e. The van der Waals surface area contributed by atoms with Crippen LogP contribution in [0.25, 0.3) is 17.0 Å². The van der Waals surface area contributed by atoms with E-state index in [2.05, 4.69) is 21.7 Å². The first kappa shape index (κ1) is 23.8. The lowest BCUT2D eigenvalue weighted by atomic mass is 9.82. The van der Waals surface area contributed by atoms with E-state index in [-0.39, 0.29) is 35.7 Å². The first-order chi connectivity index (χ1) is 15.1. The maximum Gasteiger partial charge on any atom is 0.306 e. The second kappa shape index (κ2) is 10.2. The first-order valence-electron chi connectivity index (χ1n) is 9.93. The summed E-state index contributed by atoms with van der Waals surface area (Å²) in [4.78, 5) is 19.4. The smallest absolute Gasteiger partial charge is 0.306 e. The molecular weight excluding hydrogens is 457 g/mol. The van der Waals surface area contributed by atoms with Crippen molar-refractivity contribution in [2.45, 2.75) is 45.8 Å². The van der Waals surface area contributed by atoms with Gasteiger partial charge in [-0.3, -0.25) is 4.79 Å². The van der Waals surface area contributed by atoms with Gasteiger partial charge < -0.3 is 19.1 Å². The number of carboxylic acid groups (broad SMARTS) is 1.